The number of likely N-dealkylation sites (tertiary alicyclic amines) is 1. The van der Waals surface area contributed by atoms with Gasteiger partial charge in [-0.3, -0.25) is 9.59 Å². The van der Waals surface area contributed by atoms with Crippen molar-refractivity contribution in [2.45, 2.75) is 18.9 Å². The van der Waals surface area contributed by atoms with E-state index >= 15 is 0 Å². The Hall–Kier alpha value is -3.29. The van der Waals surface area contributed by atoms with Crippen molar-refractivity contribution in [3.63, 3.8) is 0 Å². The van der Waals surface area contributed by atoms with Crippen LogP contribution in [0.15, 0.2) is 41.8 Å². The summed E-state index contributed by atoms with van der Waals surface area (Å²) in [4.78, 5) is 38.1. The van der Waals surface area contributed by atoms with Crippen LogP contribution in [0.5, 0.6) is 5.75 Å². The Labute approximate surface area is 156 Å². The fraction of sp³-hybridized carbons (Fsp3) is 0.316. The Morgan fingerprint density at radius 3 is 2.74 bits per heavy atom. The number of ether oxygens (including phenoxy) is 2. The van der Waals surface area contributed by atoms with E-state index in [1.54, 1.807) is 6.07 Å². The second-order valence-electron chi connectivity index (χ2n) is 6.22. The lowest BCUT2D eigenvalue weighted by atomic mass is 9.95. The number of allylic oxidation sites excluding steroid dienone is 2. The van der Waals surface area contributed by atoms with Crippen molar-refractivity contribution in [2.24, 2.45) is 0 Å². The molecule has 1 amide bonds. The van der Waals surface area contributed by atoms with Gasteiger partial charge in [0.2, 0.25) is 5.78 Å². The summed E-state index contributed by atoms with van der Waals surface area (Å²) in [5.41, 5.74) is 0.613. The molecule has 0 saturated carbocycles. The molecule has 1 aliphatic carbocycles. The summed E-state index contributed by atoms with van der Waals surface area (Å²) in [7, 11) is 2.69. The first kappa shape index (κ1) is 18.5. The molecule has 2 N–H and O–H groups in total. The first-order chi connectivity index (χ1) is 12.9. The number of esters is 1. The molecule has 0 spiro atoms. The number of phenolic OH excluding ortho intramolecular Hbond substituents is 1. The first-order valence-electron chi connectivity index (χ1n) is 8.40. The molecule has 1 aromatic carbocycles. The van der Waals surface area contributed by atoms with Crippen molar-refractivity contribution in [1.82, 2.24) is 4.90 Å². The number of nitrogens with zero attached hydrogens (tertiary/aromatic N) is 1. The second kappa shape index (κ2) is 7.14. The third kappa shape index (κ3) is 3.03. The number of rotatable bonds is 5. The number of hydrogen-bond donors (Lipinski definition) is 2. The number of ketones is 1. The number of carbonyl (C=O) groups is 3. The number of para-hydroxylation sites is 1. The van der Waals surface area contributed by atoms with Crippen molar-refractivity contribution in [3.05, 3.63) is 47.4 Å². The Kier molecular flexibility index (Phi) is 4.89. The third-order valence-electron chi connectivity index (χ3n) is 4.72. The van der Waals surface area contributed by atoms with E-state index in [1.165, 1.54) is 31.3 Å². The number of anilines is 1. The number of phenols is 1. The highest BCUT2D eigenvalue weighted by Gasteiger charge is 2.37. The number of carbonyl (C=O) groups excluding carboxylic acids is 3. The van der Waals surface area contributed by atoms with Crippen LogP contribution < -0.4 is 5.32 Å². The van der Waals surface area contributed by atoms with Crippen molar-refractivity contribution in [1.29, 1.82) is 0 Å². The Bertz CT molecular complexity index is 873. The molecule has 1 aliphatic heterocycles. The van der Waals surface area contributed by atoms with Crippen LogP contribution >= 0.6 is 0 Å². The van der Waals surface area contributed by atoms with E-state index in [0.717, 1.165) is 0 Å². The minimum atomic E-state index is -0.669. The molecule has 1 aromatic rings. The molecule has 1 heterocycles. The van der Waals surface area contributed by atoms with E-state index in [2.05, 4.69) is 11.9 Å². The maximum Gasteiger partial charge on any atom is 0.328 e. The molecule has 1 atom stereocenters. The minimum absolute atomic E-state index is 0.0287. The predicted molar refractivity (Wildman–Crippen MR) is 96.0 cm³/mol. The number of aromatic hydroxyl groups is 1. The molecule has 27 heavy (non-hydrogen) atoms. The zero-order valence-electron chi connectivity index (χ0n) is 15.1. The fourth-order valence-electron chi connectivity index (χ4n) is 3.28. The molecule has 8 nitrogen and oxygen atoms in total. The number of Topliss-reactive ketones (excluding diaryl/α,β-unsaturated/α-hetero) is 1. The van der Waals surface area contributed by atoms with Gasteiger partial charge in [-0.05, 0) is 25.0 Å². The van der Waals surface area contributed by atoms with Gasteiger partial charge in [0.15, 0.2) is 11.5 Å². The lowest BCUT2D eigenvalue weighted by Crippen LogP contribution is -2.41. The van der Waals surface area contributed by atoms with Crippen LogP contribution in [0.25, 0.3) is 0 Å². The minimum Gasteiger partial charge on any atom is -0.505 e. The lowest BCUT2D eigenvalue weighted by molar-refractivity contribution is -0.145. The Morgan fingerprint density at radius 1 is 1.33 bits per heavy atom. The molecule has 2 aliphatic rings. The summed E-state index contributed by atoms with van der Waals surface area (Å²) >= 11 is 0. The largest absolute Gasteiger partial charge is 0.505 e. The van der Waals surface area contributed by atoms with Crippen molar-refractivity contribution in [2.75, 3.05) is 26.1 Å². The highest BCUT2D eigenvalue weighted by atomic mass is 16.5. The molecular weight excluding hydrogens is 352 g/mol. The number of nitrogens with one attached hydrogen (secondary N) is 1. The number of hydrogen-bond acceptors (Lipinski definition) is 7. The van der Waals surface area contributed by atoms with Gasteiger partial charge in [0.05, 0.1) is 31.0 Å². The third-order valence-corrected chi connectivity index (χ3v) is 4.72. The van der Waals surface area contributed by atoms with Gasteiger partial charge >= 0.3 is 5.97 Å². The summed E-state index contributed by atoms with van der Waals surface area (Å²) in [6.07, 6.45) is 1.18. The maximum absolute atomic E-state index is 12.9. The molecule has 1 unspecified atom stereocenters. The van der Waals surface area contributed by atoms with Gasteiger partial charge < -0.3 is 24.8 Å². The first-order valence-corrected chi connectivity index (χ1v) is 8.40. The molecule has 1 fully saturated rings. The summed E-state index contributed by atoms with van der Waals surface area (Å²) in [5.74, 6) is -1.29. The van der Waals surface area contributed by atoms with E-state index in [9.17, 15) is 19.5 Å². The summed E-state index contributed by atoms with van der Waals surface area (Å²) in [5, 5.41) is 13.3. The predicted octanol–water partition coefficient (Wildman–Crippen LogP) is 1.58. The van der Waals surface area contributed by atoms with Gasteiger partial charge in [0.1, 0.15) is 11.7 Å². The van der Waals surface area contributed by atoms with Crippen molar-refractivity contribution in [3.8, 4) is 5.75 Å². The van der Waals surface area contributed by atoms with Gasteiger partial charge in [-0.25, -0.2) is 4.79 Å². The van der Waals surface area contributed by atoms with E-state index in [1.807, 2.05) is 0 Å². The SMILES string of the molecule is C=C1C(=O)C(Nc2cccc(C(=O)N3CCCC3C(=O)OC)c2O)=C1OC. The standard InChI is InChI=1S/C19H20N2O6/c1-10-15(22)14(17(10)26-2)20-12-7-4-6-11(16(12)23)18(24)21-9-5-8-13(21)19(25)27-3/h4,6-7,13,20,23H,1,5,8-9H2,2-3H3. The summed E-state index contributed by atoms with van der Waals surface area (Å²) in [6, 6.07) is 3.90. The van der Waals surface area contributed by atoms with E-state index in [4.69, 9.17) is 9.47 Å². The van der Waals surface area contributed by atoms with Crippen LogP contribution in [-0.4, -0.2) is 54.5 Å². The topological polar surface area (TPSA) is 105 Å². The van der Waals surface area contributed by atoms with Crippen molar-refractivity contribution < 1.29 is 29.0 Å². The van der Waals surface area contributed by atoms with Crippen LogP contribution in [0, 0.1) is 0 Å². The van der Waals surface area contributed by atoms with Crippen LogP contribution in [0.4, 0.5) is 5.69 Å². The summed E-state index contributed by atoms with van der Waals surface area (Å²) < 4.78 is 9.85. The Morgan fingerprint density at radius 2 is 2.07 bits per heavy atom. The highest BCUT2D eigenvalue weighted by molar-refractivity contribution is 6.20. The molecule has 142 valence electrons. The van der Waals surface area contributed by atoms with Crippen LogP contribution in [0.3, 0.4) is 0 Å². The van der Waals surface area contributed by atoms with Crippen molar-refractivity contribution >= 4 is 23.3 Å². The molecular formula is C19H20N2O6. The maximum atomic E-state index is 12.9. The summed E-state index contributed by atoms with van der Waals surface area (Å²) in [6.45, 7) is 4.00. The molecule has 3 rings (SSSR count). The normalized spacial score (nSPS) is 19.0. The highest BCUT2D eigenvalue weighted by Crippen LogP contribution is 2.35. The second-order valence-corrected chi connectivity index (χ2v) is 6.22. The molecule has 8 heteroatoms. The lowest BCUT2D eigenvalue weighted by Gasteiger charge is -2.26. The zero-order chi connectivity index (χ0) is 19.7. The van der Waals surface area contributed by atoms with E-state index in [0.29, 0.717) is 25.1 Å². The van der Waals surface area contributed by atoms with Gasteiger partial charge in [0, 0.05) is 6.54 Å². The average molecular weight is 372 g/mol. The molecule has 0 aromatic heterocycles. The number of benzene rings is 1. The quantitative estimate of drug-likeness (QED) is 0.459. The molecule has 0 bridgehead atoms. The monoisotopic (exact) mass is 372 g/mol. The number of amides is 1. The molecule has 0 radical (unpaired) electrons. The van der Waals surface area contributed by atoms with Gasteiger partial charge in [-0.15, -0.1) is 0 Å². The van der Waals surface area contributed by atoms with E-state index in [-0.39, 0.29) is 34.1 Å². The molecule has 1 saturated heterocycles. The number of methoxy groups -OCH3 is 2. The van der Waals surface area contributed by atoms with Crippen LogP contribution in [-0.2, 0) is 19.1 Å². The average Bonchev–Trinajstić information content (AvgIpc) is 3.17. The smallest absolute Gasteiger partial charge is 0.328 e. The zero-order valence-corrected chi connectivity index (χ0v) is 15.1. The van der Waals surface area contributed by atoms with Gasteiger partial charge in [-0.2, -0.15) is 0 Å². The van der Waals surface area contributed by atoms with Gasteiger partial charge in [0.25, 0.3) is 5.91 Å². The van der Waals surface area contributed by atoms with Gasteiger partial charge in [-0.1, -0.05) is 12.6 Å². The van der Waals surface area contributed by atoms with Crippen LogP contribution in [0.1, 0.15) is 23.2 Å². The van der Waals surface area contributed by atoms with E-state index < -0.39 is 17.9 Å². The Balaban J connectivity index is 1.88. The van der Waals surface area contributed by atoms with Crippen LogP contribution in [0.2, 0.25) is 0 Å². The fourth-order valence-corrected chi connectivity index (χ4v) is 3.28.